The molecule has 0 amide bonds. The smallest absolute Gasteiger partial charge is 0.266 e. The van der Waals surface area contributed by atoms with Gasteiger partial charge in [0.2, 0.25) is 0 Å². The summed E-state index contributed by atoms with van der Waals surface area (Å²) in [7, 11) is 0. The molecule has 0 atom stereocenters. The van der Waals surface area contributed by atoms with Crippen molar-refractivity contribution in [3.63, 3.8) is 0 Å². The second-order valence-corrected chi connectivity index (χ2v) is 7.46. The molecule has 4 aromatic rings. The van der Waals surface area contributed by atoms with Gasteiger partial charge in [-0.15, -0.1) is 11.3 Å². The molecule has 0 bridgehead atoms. The molecule has 0 aliphatic heterocycles. The van der Waals surface area contributed by atoms with E-state index in [9.17, 15) is 9.90 Å². The van der Waals surface area contributed by atoms with Crippen LogP contribution in [-0.4, -0.2) is 10.1 Å². The van der Waals surface area contributed by atoms with Gasteiger partial charge in [-0.05, 0) is 36.6 Å². The van der Waals surface area contributed by atoms with Gasteiger partial charge in [0, 0.05) is 21.2 Å². The molecule has 25 heavy (non-hydrogen) atoms. The summed E-state index contributed by atoms with van der Waals surface area (Å²) in [6.07, 6.45) is 1.95. The number of aromatic nitrogens is 1. The average molecular weight is 349 g/mol. The molecule has 0 fully saturated rings. The van der Waals surface area contributed by atoms with Gasteiger partial charge in [0.1, 0.15) is 10.4 Å². The summed E-state index contributed by atoms with van der Waals surface area (Å²) >= 11 is 1.57. The van der Waals surface area contributed by atoms with Crippen LogP contribution in [0.25, 0.3) is 32.1 Å². The molecule has 0 spiro atoms. The zero-order chi connectivity index (χ0) is 17.6. The maximum absolute atomic E-state index is 12.7. The van der Waals surface area contributed by atoms with Crippen molar-refractivity contribution in [3.05, 3.63) is 63.3 Å². The summed E-state index contributed by atoms with van der Waals surface area (Å²) in [5.74, 6) is 0.223. The van der Waals surface area contributed by atoms with Crippen LogP contribution in [0.4, 0.5) is 0 Å². The Morgan fingerprint density at radius 2 is 1.92 bits per heavy atom. The van der Waals surface area contributed by atoms with E-state index in [4.69, 9.17) is 0 Å². The first kappa shape index (κ1) is 15.9. The zero-order valence-electron chi connectivity index (χ0n) is 14.2. The minimum atomic E-state index is -0.0548. The normalized spacial score (nSPS) is 11.4. The summed E-state index contributed by atoms with van der Waals surface area (Å²) in [4.78, 5) is 17.0. The molecule has 4 heteroatoms. The van der Waals surface area contributed by atoms with Crippen molar-refractivity contribution in [3.8, 4) is 16.9 Å². The van der Waals surface area contributed by atoms with Crippen molar-refractivity contribution < 1.29 is 5.11 Å². The minimum Gasteiger partial charge on any atom is -0.508 e. The van der Waals surface area contributed by atoms with E-state index in [1.165, 1.54) is 4.88 Å². The maximum Gasteiger partial charge on any atom is 0.266 e. The first-order valence-corrected chi connectivity index (χ1v) is 9.28. The van der Waals surface area contributed by atoms with Crippen LogP contribution in [0.3, 0.4) is 0 Å². The van der Waals surface area contributed by atoms with Gasteiger partial charge in [-0.3, -0.25) is 4.79 Å². The predicted molar refractivity (Wildman–Crippen MR) is 106 cm³/mol. The standard InChI is InChI=1S/C21H19NO2S/c1-3-7-16-17(13-8-5-4-6-9-13)18-15-11-14(23)10-12(2)19(15)22-21(24)20(18)25-16/h4-6,8-11,23H,3,7H2,1-2H3,(H,22,24). The number of fused-ring (bicyclic) bond motifs is 3. The predicted octanol–water partition coefficient (Wildman–Crippen LogP) is 5.38. The summed E-state index contributed by atoms with van der Waals surface area (Å²) in [5.41, 5.74) is 3.86. The molecule has 2 N–H and O–H groups in total. The molecule has 2 aromatic heterocycles. The Morgan fingerprint density at radius 3 is 2.64 bits per heavy atom. The van der Waals surface area contributed by atoms with Crippen molar-refractivity contribution in [1.82, 2.24) is 4.98 Å². The monoisotopic (exact) mass is 349 g/mol. The van der Waals surface area contributed by atoms with Gasteiger partial charge >= 0.3 is 0 Å². The molecule has 2 aromatic carbocycles. The van der Waals surface area contributed by atoms with E-state index in [1.807, 2.05) is 25.1 Å². The molecule has 0 unspecified atom stereocenters. The highest BCUT2D eigenvalue weighted by atomic mass is 32.1. The molecular formula is C21H19NO2S. The lowest BCUT2D eigenvalue weighted by Gasteiger charge is -2.08. The number of rotatable bonds is 3. The number of phenols is 1. The highest BCUT2D eigenvalue weighted by molar-refractivity contribution is 7.19. The lowest BCUT2D eigenvalue weighted by Crippen LogP contribution is -2.05. The number of aryl methyl sites for hydroxylation is 2. The number of phenolic OH excluding ortho intramolecular Hbond substituents is 1. The van der Waals surface area contributed by atoms with Gasteiger partial charge in [-0.2, -0.15) is 0 Å². The molecule has 4 rings (SSSR count). The topological polar surface area (TPSA) is 53.1 Å². The second kappa shape index (κ2) is 6.05. The highest BCUT2D eigenvalue weighted by Crippen LogP contribution is 2.42. The molecule has 0 aliphatic carbocycles. The quantitative estimate of drug-likeness (QED) is 0.522. The molecule has 2 heterocycles. The molecular weight excluding hydrogens is 330 g/mol. The van der Waals surface area contributed by atoms with Gasteiger partial charge in [-0.25, -0.2) is 0 Å². The Balaban J connectivity index is 2.24. The SMILES string of the molecule is CCCc1sc2c(=O)[nH]c3c(C)cc(O)cc3c2c1-c1ccccc1. The van der Waals surface area contributed by atoms with Crippen LogP contribution in [-0.2, 0) is 6.42 Å². The lowest BCUT2D eigenvalue weighted by atomic mass is 9.97. The third kappa shape index (κ3) is 2.53. The summed E-state index contributed by atoms with van der Waals surface area (Å²) in [5, 5.41) is 12.0. The van der Waals surface area contributed by atoms with Crippen LogP contribution >= 0.6 is 11.3 Å². The summed E-state index contributed by atoms with van der Waals surface area (Å²) < 4.78 is 0.736. The molecule has 3 nitrogen and oxygen atoms in total. The maximum atomic E-state index is 12.7. The average Bonchev–Trinajstić information content (AvgIpc) is 2.97. The number of aromatic amines is 1. The van der Waals surface area contributed by atoms with E-state index in [0.29, 0.717) is 0 Å². The van der Waals surface area contributed by atoms with Crippen LogP contribution in [0.15, 0.2) is 47.3 Å². The number of pyridine rings is 1. The number of thiophene rings is 1. The Hall–Kier alpha value is -2.59. The van der Waals surface area contributed by atoms with Gasteiger partial charge in [0.15, 0.2) is 0 Å². The largest absolute Gasteiger partial charge is 0.508 e. The van der Waals surface area contributed by atoms with Gasteiger partial charge in [0.25, 0.3) is 5.56 Å². The fourth-order valence-electron chi connectivity index (χ4n) is 3.51. The summed E-state index contributed by atoms with van der Waals surface area (Å²) in [6.45, 7) is 4.06. The van der Waals surface area contributed by atoms with E-state index in [0.717, 1.165) is 50.5 Å². The van der Waals surface area contributed by atoms with Crippen LogP contribution in [0, 0.1) is 6.92 Å². The van der Waals surface area contributed by atoms with Crippen LogP contribution in [0.2, 0.25) is 0 Å². The number of H-pyrrole nitrogens is 1. The van der Waals surface area contributed by atoms with Crippen LogP contribution in [0.5, 0.6) is 5.75 Å². The van der Waals surface area contributed by atoms with Crippen molar-refractivity contribution in [2.45, 2.75) is 26.7 Å². The lowest BCUT2D eigenvalue weighted by molar-refractivity contribution is 0.476. The van der Waals surface area contributed by atoms with Gasteiger partial charge < -0.3 is 10.1 Å². The number of hydrogen-bond donors (Lipinski definition) is 2. The molecule has 126 valence electrons. The molecule has 0 saturated carbocycles. The first-order chi connectivity index (χ1) is 12.1. The number of hydrogen-bond acceptors (Lipinski definition) is 3. The Kier molecular flexibility index (Phi) is 3.85. The Labute approximate surface area is 149 Å². The number of aromatic hydroxyl groups is 1. The van der Waals surface area contributed by atoms with Crippen molar-refractivity contribution in [2.24, 2.45) is 0 Å². The van der Waals surface area contributed by atoms with Gasteiger partial charge in [0.05, 0.1) is 5.52 Å². The van der Waals surface area contributed by atoms with E-state index in [-0.39, 0.29) is 11.3 Å². The first-order valence-electron chi connectivity index (χ1n) is 8.46. The van der Waals surface area contributed by atoms with Crippen LogP contribution < -0.4 is 5.56 Å². The van der Waals surface area contributed by atoms with Gasteiger partial charge in [-0.1, -0.05) is 43.7 Å². The van der Waals surface area contributed by atoms with E-state index in [1.54, 1.807) is 23.5 Å². The summed E-state index contributed by atoms with van der Waals surface area (Å²) in [6, 6.07) is 13.7. The van der Waals surface area contributed by atoms with Crippen molar-refractivity contribution in [2.75, 3.05) is 0 Å². The molecule has 0 radical (unpaired) electrons. The number of nitrogens with one attached hydrogen (secondary N) is 1. The minimum absolute atomic E-state index is 0.0548. The molecule has 0 aliphatic rings. The van der Waals surface area contributed by atoms with E-state index in [2.05, 4.69) is 24.0 Å². The fourth-order valence-corrected chi connectivity index (χ4v) is 4.84. The van der Waals surface area contributed by atoms with E-state index >= 15 is 0 Å². The van der Waals surface area contributed by atoms with Crippen LogP contribution in [0.1, 0.15) is 23.8 Å². The Bertz CT molecular complexity index is 1140. The number of benzene rings is 2. The van der Waals surface area contributed by atoms with Crippen molar-refractivity contribution in [1.29, 1.82) is 0 Å². The Morgan fingerprint density at radius 1 is 1.16 bits per heavy atom. The van der Waals surface area contributed by atoms with E-state index < -0.39 is 0 Å². The third-order valence-electron chi connectivity index (χ3n) is 4.56. The van der Waals surface area contributed by atoms with Crippen molar-refractivity contribution >= 4 is 32.3 Å². The highest BCUT2D eigenvalue weighted by Gasteiger charge is 2.19. The third-order valence-corrected chi connectivity index (χ3v) is 5.80. The zero-order valence-corrected chi connectivity index (χ0v) is 15.0. The molecule has 0 saturated heterocycles. The fraction of sp³-hybridized carbons (Fsp3) is 0.190. The second-order valence-electron chi connectivity index (χ2n) is 6.36.